The molecule has 1 amide bonds. The number of rotatable bonds is 5. The number of nitrogens with one attached hydrogen (secondary N) is 1. The summed E-state index contributed by atoms with van der Waals surface area (Å²) in [4.78, 5) is 12.6. The molecule has 4 rings (SSSR count). The second kappa shape index (κ2) is 8.62. The largest absolute Gasteiger partial charge is 0.317 e. The summed E-state index contributed by atoms with van der Waals surface area (Å²) in [5.74, 6) is -1.17. The number of hydrogen-bond donors (Lipinski definition) is 1. The van der Waals surface area contributed by atoms with Crippen molar-refractivity contribution in [3.8, 4) is 0 Å². The Bertz CT molecular complexity index is 1250. The molecule has 1 aliphatic heterocycles. The van der Waals surface area contributed by atoms with Crippen molar-refractivity contribution in [3.63, 3.8) is 0 Å². The molecule has 0 saturated carbocycles. The number of aromatic nitrogens is 2. The Morgan fingerprint density at radius 1 is 1.26 bits per heavy atom. The van der Waals surface area contributed by atoms with Crippen molar-refractivity contribution < 1.29 is 17.6 Å². The quantitative estimate of drug-likeness (QED) is 0.583. The van der Waals surface area contributed by atoms with Crippen LogP contribution in [0.25, 0.3) is 0 Å². The van der Waals surface area contributed by atoms with Crippen molar-refractivity contribution in [3.05, 3.63) is 68.9 Å². The number of aryl methyl sites for hydroxylation is 1. The van der Waals surface area contributed by atoms with Crippen molar-refractivity contribution in [2.75, 3.05) is 11.9 Å². The maximum absolute atomic E-state index is 13.8. The zero-order valence-electron chi connectivity index (χ0n) is 16.4. The molecule has 0 unspecified atom stereocenters. The standard InChI is InChI=1S/C20H18ClFN4O3S2/c1-12-8-9-13(11-14(12)21)31(28,29)26-10-4-7-17(26)19-24-25-20(30-19)18(27)23-16-6-3-2-5-15(16)22/h2-3,5-6,8-9,11,17H,4,7,10H2,1H3,(H,23,27)/t17-/m1/s1. The first-order valence-electron chi connectivity index (χ1n) is 9.44. The first-order chi connectivity index (χ1) is 14.8. The molecular formula is C20H18ClFN4O3S2. The molecule has 0 aliphatic carbocycles. The fourth-order valence-corrected chi connectivity index (χ4v) is 6.23. The molecule has 1 N–H and O–H groups in total. The first-order valence-corrected chi connectivity index (χ1v) is 12.1. The van der Waals surface area contributed by atoms with Crippen LogP contribution in [0.2, 0.25) is 5.02 Å². The minimum Gasteiger partial charge on any atom is -0.317 e. The number of nitrogens with zero attached hydrogens (tertiary/aromatic N) is 3. The topological polar surface area (TPSA) is 92.3 Å². The van der Waals surface area contributed by atoms with Crippen LogP contribution in [0.5, 0.6) is 0 Å². The van der Waals surface area contributed by atoms with Gasteiger partial charge in [-0.3, -0.25) is 4.79 Å². The maximum Gasteiger partial charge on any atom is 0.286 e. The van der Waals surface area contributed by atoms with E-state index in [4.69, 9.17) is 11.6 Å². The van der Waals surface area contributed by atoms with Crippen LogP contribution in [-0.2, 0) is 10.0 Å². The van der Waals surface area contributed by atoms with Gasteiger partial charge in [0.05, 0.1) is 16.6 Å². The van der Waals surface area contributed by atoms with E-state index in [1.165, 1.54) is 34.6 Å². The van der Waals surface area contributed by atoms with Crippen molar-refractivity contribution in [2.45, 2.75) is 30.7 Å². The van der Waals surface area contributed by atoms with Gasteiger partial charge in [0.2, 0.25) is 15.0 Å². The van der Waals surface area contributed by atoms with Gasteiger partial charge in [0.15, 0.2) is 0 Å². The number of carbonyl (C=O) groups is 1. The van der Waals surface area contributed by atoms with Crippen molar-refractivity contribution in [1.29, 1.82) is 0 Å². The molecule has 1 fully saturated rings. The van der Waals surface area contributed by atoms with Gasteiger partial charge in [-0.15, -0.1) is 10.2 Å². The van der Waals surface area contributed by atoms with Gasteiger partial charge in [-0.05, 0) is 49.6 Å². The van der Waals surface area contributed by atoms with Crippen molar-refractivity contribution in [1.82, 2.24) is 14.5 Å². The molecule has 1 aromatic heterocycles. The van der Waals surface area contributed by atoms with Crippen molar-refractivity contribution >= 4 is 44.6 Å². The fourth-order valence-electron chi connectivity index (χ4n) is 3.34. The monoisotopic (exact) mass is 480 g/mol. The summed E-state index contributed by atoms with van der Waals surface area (Å²) in [5, 5.41) is 11.2. The van der Waals surface area contributed by atoms with Crippen LogP contribution in [0, 0.1) is 12.7 Å². The zero-order chi connectivity index (χ0) is 22.2. The van der Waals surface area contributed by atoms with Gasteiger partial charge in [0.25, 0.3) is 5.91 Å². The molecular weight excluding hydrogens is 463 g/mol. The third kappa shape index (κ3) is 4.33. The van der Waals surface area contributed by atoms with Crippen LogP contribution in [0.3, 0.4) is 0 Å². The number of halogens is 2. The van der Waals surface area contributed by atoms with Gasteiger partial charge in [-0.25, -0.2) is 12.8 Å². The molecule has 1 atom stereocenters. The molecule has 0 spiro atoms. The number of carbonyl (C=O) groups excluding carboxylic acids is 1. The van der Waals surface area contributed by atoms with E-state index < -0.39 is 27.8 Å². The molecule has 7 nitrogen and oxygen atoms in total. The highest BCUT2D eigenvalue weighted by Crippen LogP contribution is 2.38. The summed E-state index contributed by atoms with van der Waals surface area (Å²) in [7, 11) is -3.80. The molecule has 2 heterocycles. The Balaban J connectivity index is 1.57. The number of hydrogen-bond acceptors (Lipinski definition) is 6. The van der Waals surface area contributed by atoms with Crippen molar-refractivity contribution in [2.24, 2.45) is 0 Å². The normalized spacial score (nSPS) is 17.1. The van der Waals surface area contributed by atoms with E-state index in [9.17, 15) is 17.6 Å². The molecule has 11 heteroatoms. The summed E-state index contributed by atoms with van der Waals surface area (Å²) in [6.07, 6.45) is 1.21. The number of para-hydroxylation sites is 1. The van der Waals surface area contributed by atoms with E-state index in [-0.39, 0.29) is 15.6 Å². The molecule has 2 aromatic carbocycles. The van der Waals surface area contributed by atoms with Gasteiger partial charge in [-0.2, -0.15) is 4.31 Å². The Labute approximate surface area is 187 Å². The second-order valence-electron chi connectivity index (χ2n) is 7.06. The summed E-state index contributed by atoms with van der Waals surface area (Å²) in [5.41, 5.74) is 0.818. The highest BCUT2D eigenvalue weighted by Gasteiger charge is 2.38. The Morgan fingerprint density at radius 3 is 2.77 bits per heavy atom. The van der Waals surface area contributed by atoms with Crippen LogP contribution < -0.4 is 5.32 Å². The Kier molecular flexibility index (Phi) is 6.07. The number of anilines is 1. The van der Waals surface area contributed by atoms with Crippen LogP contribution in [0.4, 0.5) is 10.1 Å². The second-order valence-corrected chi connectivity index (χ2v) is 10.4. The minimum atomic E-state index is -3.80. The summed E-state index contributed by atoms with van der Waals surface area (Å²) in [6, 6.07) is 9.89. The van der Waals surface area contributed by atoms with Crippen LogP contribution in [0.15, 0.2) is 47.4 Å². The third-order valence-electron chi connectivity index (χ3n) is 5.00. The molecule has 162 valence electrons. The first kappa shape index (κ1) is 21.8. The lowest BCUT2D eigenvalue weighted by Gasteiger charge is -2.22. The lowest BCUT2D eigenvalue weighted by atomic mass is 10.2. The van der Waals surface area contributed by atoms with E-state index in [0.29, 0.717) is 29.4 Å². The average molecular weight is 481 g/mol. The van der Waals surface area contributed by atoms with E-state index in [1.807, 2.05) is 0 Å². The average Bonchev–Trinajstić information content (AvgIpc) is 3.41. The summed E-state index contributed by atoms with van der Waals surface area (Å²) in [6.45, 7) is 2.13. The van der Waals surface area contributed by atoms with E-state index in [0.717, 1.165) is 16.9 Å². The fraction of sp³-hybridized carbons (Fsp3) is 0.250. The summed E-state index contributed by atoms with van der Waals surface area (Å²) < 4.78 is 41.6. The number of amides is 1. The van der Waals surface area contributed by atoms with Crippen LogP contribution >= 0.6 is 22.9 Å². The number of benzene rings is 2. The predicted octanol–water partition coefficient (Wildman–Crippen LogP) is 4.42. The Morgan fingerprint density at radius 2 is 2.03 bits per heavy atom. The van der Waals surface area contributed by atoms with Gasteiger partial charge in [0, 0.05) is 11.6 Å². The van der Waals surface area contributed by atoms with Gasteiger partial charge in [-0.1, -0.05) is 41.1 Å². The smallest absolute Gasteiger partial charge is 0.286 e. The highest BCUT2D eigenvalue weighted by atomic mass is 35.5. The third-order valence-corrected chi connectivity index (χ3v) is 8.33. The van der Waals surface area contributed by atoms with Gasteiger partial charge < -0.3 is 5.32 Å². The number of sulfonamides is 1. The van der Waals surface area contributed by atoms with Gasteiger partial charge >= 0.3 is 0 Å². The predicted molar refractivity (Wildman–Crippen MR) is 116 cm³/mol. The highest BCUT2D eigenvalue weighted by molar-refractivity contribution is 7.89. The molecule has 31 heavy (non-hydrogen) atoms. The zero-order valence-corrected chi connectivity index (χ0v) is 18.8. The Hall–Kier alpha value is -2.40. The van der Waals surface area contributed by atoms with Gasteiger partial charge in [0.1, 0.15) is 10.8 Å². The van der Waals surface area contributed by atoms with E-state index in [2.05, 4.69) is 15.5 Å². The maximum atomic E-state index is 13.8. The lowest BCUT2D eigenvalue weighted by Crippen LogP contribution is -2.30. The minimum absolute atomic E-state index is 0.0286. The van der Waals surface area contributed by atoms with Crippen LogP contribution in [-0.4, -0.2) is 35.4 Å². The molecule has 3 aromatic rings. The molecule has 0 radical (unpaired) electrons. The summed E-state index contributed by atoms with van der Waals surface area (Å²) >= 11 is 7.12. The van der Waals surface area contributed by atoms with E-state index in [1.54, 1.807) is 19.1 Å². The van der Waals surface area contributed by atoms with Crippen LogP contribution in [0.1, 0.15) is 39.3 Å². The molecule has 1 saturated heterocycles. The SMILES string of the molecule is Cc1ccc(S(=O)(=O)N2CCC[C@@H]2c2nnc(C(=O)Nc3ccccc3F)s2)cc1Cl. The van der Waals surface area contributed by atoms with E-state index >= 15 is 0 Å². The lowest BCUT2D eigenvalue weighted by molar-refractivity contribution is 0.102. The molecule has 0 bridgehead atoms. The molecule has 1 aliphatic rings.